The van der Waals surface area contributed by atoms with Crippen molar-refractivity contribution in [3.05, 3.63) is 34.3 Å². The molecular weight excluding hydrogens is 210 g/mol. The predicted molar refractivity (Wildman–Crippen MR) is 65.2 cm³/mol. The van der Waals surface area contributed by atoms with E-state index in [-0.39, 0.29) is 6.04 Å². The Hall–Kier alpha value is -1.06. The molecule has 1 aromatic carbocycles. The van der Waals surface area contributed by atoms with Gasteiger partial charge in [-0.3, -0.25) is 4.99 Å². The summed E-state index contributed by atoms with van der Waals surface area (Å²) in [6.07, 6.45) is 0. The molecule has 0 fully saturated rings. The number of hydrazine groups is 1. The summed E-state index contributed by atoms with van der Waals surface area (Å²) in [7, 11) is 0. The molecule has 0 saturated carbocycles. The Morgan fingerprint density at radius 2 is 2.13 bits per heavy atom. The molecule has 0 aliphatic heterocycles. The molecule has 0 amide bonds. The van der Waals surface area contributed by atoms with E-state index in [1.807, 2.05) is 39.0 Å². The molecule has 0 atom stereocenters. The molecule has 1 aromatic rings. The highest BCUT2D eigenvalue weighted by Gasteiger charge is 2.04. The number of aryl methyl sites for hydroxylation is 1. The Bertz CT molecular complexity index is 372. The van der Waals surface area contributed by atoms with Gasteiger partial charge in [-0.15, -0.1) is 0 Å². The van der Waals surface area contributed by atoms with E-state index in [1.54, 1.807) is 0 Å². The molecule has 0 unspecified atom stereocenters. The summed E-state index contributed by atoms with van der Waals surface area (Å²) in [5.41, 5.74) is 4.54. The summed E-state index contributed by atoms with van der Waals surface area (Å²) >= 11 is 6.03. The Morgan fingerprint density at radius 1 is 1.47 bits per heavy atom. The molecule has 0 spiro atoms. The molecule has 3 N–H and O–H groups in total. The van der Waals surface area contributed by atoms with Crippen molar-refractivity contribution in [3.63, 3.8) is 0 Å². The highest BCUT2D eigenvalue weighted by molar-refractivity contribution is 6.31. The van der Waals surface area contributed by atoms with Crippen molar-refractivity contribution < 1.29 is 0 Å². The second-order valence-corrected chi connectivity index (χ2v) is 4.09. The quantitative estimate of drug-likeness (QED) is 0.351. The summed E-state index contributed by atoms with van der Waals surface area (Å²) in [6, 6.07) is 5.95. The maximum Gasteiger partial charge on any atom is 0.142 e. The number of nitrogens with two attached hydrogens (primary N) is 1. The third-order valence-corrected chi connectivity index (χ3v) is 2.38. The van der Waals surface area contributed by atoms with Gasteiger partial charge in [-0.25, -0.2) is 5.84 Å². The molecule has 1 rings (SSSR count). The van der Waals surface area contributed by atoms with Gasteiger partial charge >= 0.3 is 0 Å². The predicted octanol–water partition coefficient (Wildman–Crippen LogP) is 2.27. The molecule has 4 heteroatoms. The summed E-state index contributed by atoms with van der Waals surface area (Å²) in [5.74, 6) is 6.08. The number of halogens is 1. The van der Waals surface area contributed by atoms with E-state index >= 15 is 0 Å². The van der Waals surface area contributed by atoms with E-state index in [0.717, 1.165) is 16.1 Å². The Labute approximate surface area is 95.3 Å². The molecule has 0 bridgehead atoms. The van der Waals surface area contributed by atoms with Crippen molar-refractivity contribution in [3.8, 4) is 0 Å². The lowest BCUT2D eigenvalue weighted by atomic mass is 10.1. The second kappa shape index (κ2) is 5.14. The van der Waals surface area contributed by atoms with E-state index in [2.05, 4.69) is 10.4 Å². The van der Waals surface area contributed by atoms with Gasteiger partial charge in [0.25, 0.3) is 0 Å². The first-order valence-electron chi connectivity index (χ1n) is 4.85. The monoisotopic (exact) mass is 225 g/mol. The highest BCUT2D eigenvalue weighted by Crippen LogP contribution is 2.16. The van der Waals surface area contributed by atoms with Crippen LogP contribution in [0.3, 0.4) is 0 Å². The molecule has 15 heavy (non-hydrogen) atoms. The minimum atomic E-state index is 0.191. The summed E-state index contributed by atoms with van der Waals surface area (Å²) in [6.45, 7) is 5.95. The minimum Gasteiger partial charge on any atom is -0.308 e. The zero-order chi connectivity index (χ0) is 11.4. The van der Waals surface area contributed by atoms with E-state index in [9.17, 15) is 0 Å². The molecule has 0 aliphatic rings. The summed E-state index contributed by atoms with van der Waals surface area (Å²) in [5, 5.41) is 0.721. The van der Waals surface area contributed by atoms with Crippen molar-refractivity contribution in [2.75, 3.05) is 0 Å². The van der Waals surface area contributed by atoms with Crippen LogP contribution in [-0.2, 0) is 0 Å². The maximum absolute atomic E-state index is 6.03. The smallest absolute Gasteiger partial charge is 0.142 e. The zero-order valence-electron chi connectivity index (χ0n) is 9.21. The first-order chi connectivity index (χ1) is 7.04. The summed E-state index contributed by atoms with van der Waals surface area (Å²) < 4.78 is 0. The molecule has 0 aliphatic carbocycles. The van der Waals surface area contributed by atoms with Crippen molar-refractivity contribution in [1.29, 1.82) is 0 Å². The molecule has 82 valence electrons. The number of hydrogen-bond donors (Lipinski definition) is 2. The standard InChI is InChI=1S/C11H16ClN3/c1-7(2)14-11(15-13)9-5-4-8(3)10(12)6-9/h4-7H,13H2,1-3H3,(H,14,15). The number of aliphatic imine (C=N–C) groups is 1. The molecule has 0 radical (unpaired) electrons. The average molecular weight is 226 g/mol. The van der Waals surface area contributed by atoms with E-state index in [0.29, 0.717) is 5.84 Å². The lowest BCUT2D eigenvalue weighted by Gasteiger charge is -2.09. The van der Waals surface area contributed by atoms with Crippen LogP contribution in [0.25, 0.3) is 0 Å². The largest absolute Gasteiger partial charge is 0.308 e. The molecule has 0 aromatic heterocycles. The Morgan fingerprint density at radius 3 is 2.60 bits per heavy atom. The van der Waals surface area contributed by atoms with Crippen LogP contribution < -0.4 is 11.3 Å². The van der Waals surface area contributed by atoms with Gasteiger partial charge in [0.1, 0.15) is 5.84 Å². The molecule has 3 nitrogen and oxygen atoms in total. The van der Waals surface area contributed by atoms with Crippen LogP contribution in [0.4, 0.5) is 0 Å². The molecule has 0 saturated heterocycles. The third kappa shape index (κ3) is 3.22. The van der Waals surface area contributed by atoms with Gasteiger partial charge in [-0.2, -0.15) is 0 Å². The van der Waals surface area contributed by atoms with Crippen LogP contribution in [0.5, 0.6) is 0 Å². The van der Waals surface area contributed by atoms with Gasteiger partial charge < -0.3 is 5.43 Å². The van der Waals surface area contributed by atoms with Crippen molar-refractivity contribution in [1.82, 2.24) is 5.43 Å². The van der Waals surface area contributed by atoms with Crippen LogP contribution in [0.15, 0.2) is 23.2 Å². The highest BCUT2D eigenvalue weighted by atomic mass is 35.5. The number of hydrogen-bond acceptors (Lipinski definition) is 2. The fourth-order valence-electron chi connectivity index (χ4n) is 1.19. The SMILES string of the molecule is Cc1ccc(C(=NC(C)C)NN)cc1Cl. The van der Waals surface area contributed by atoms with Gasteiger partial charge in [0.15, 0.2) is 0 Å². The fourth-order valence-corrected chi connectivity index (χ4v) is 1.37. The zero-order valence-corrected chi connectivity index (χ0v) is 9.97. The summed E-state index contributed by atoms with van der Waals surface area (Å²) in [4.78, 5) is 4.36. The van der Waals surface area contributed by atoms with Crippen LogP contribution in [0.1, 0.15) is 25.0 Å². The number of benzene rings is 1. The first kappa shape index (κ1) is 12.0. The van der Waals surface area contributed by atoms with Crippen molar-refractivity contribution >= 4 is 17.4 Å². The van der Waals surface area contributed by atoms with Crippen LogP contribution in [0, 0.1) is 6.92 Å². The number of rotatable bonds is 2. The first-order valence-corrected chi connectivity index (χ1v) is 5.23. The maximum atomic E-state index is 6.03. The topological polar surface area (TPSA) is 50.4 Å². The number of amidine groups is 1. The normalized spacial score (nSPS) is 12.0. The van der Waals surface area contributed by atoms with Gasteiger partial charge in [0.05, 0.1) is 0 Å². The average Bonchev–Trinajstić information content (AvgIpc) is 2.18. The van der Waals surface area contributed by atoms with Crippen LogP contribution in [-0.4, -0.2) is 11.9 Å². The third-order valence-electron chi connectivity index (χ3n) is 1.97. The van der Waals surface area contributed by atoms with Gasteiger partial charge in [-0.1, -0.05) is 23.7 Å². The van der Waals surface area contributed by atoms with E-state index in [4.69, 9.17) is 17.4 Å². The van der Waals surface area contributed by atoms with Gasteiger partial charge in [0.2, 0.25) is 0 Å². The lowest BCUT2D eigenvalue weighted by Crippen LogP contribution is -2.32. The lowest BCUT2D eigenvalue weighted by molar-refractivity contribution is 0.820. The number of nitrogens with zero attached hydrogens (tertiary/aromatic N) is 1. The van der Waals surface area contributed by atoms with Crippen molar-refractivity contribution in [2.24, 2.45) is 10.8 Å². The second-order valence-electron chi connectivity index (χ2n) is 3.68. The fraction of sp³-hybridized carbons (Fsp3) is 0.364. The van der Waals surface area contributed by atoms with Crippen LogP contribution in [0.2, 0.25) is 5.02 Å². The minimum absolute atomic E-state index is 0.191. The Balaban J connectivity index is 3.08. The molecule has 0 heterocycles. The van der Waals surface area contributed by atoms with Crippen LogP contribution >= 0.6 is 11.6 Å². The van der Waals surface area contributed by atoms with E-state index in [1.165, 1.54) is 0 Å². The van der Waals surface area contributed by atoms with Crippen molar-refractivity contribution in [2.45, 2.75) is 26.8 Å². The van der Waals surface area contributed by atoms with Gasteiger partial charge in [-0.05, 0) is 32.4 Å². The molecular formula is C11H16ClN3. The van der Waals surface area contributed by atoms with Gasteiger partial charge in [0, 0.05) is 16.6 Å². The number of nitrogens with one attached hydrogen (secondary N) is 1. The Kier molecular flexibility index (Phi) is 4.12. The van der Waals surface area contributed by atoms with E-state index < -0.39 is 0 Å².